The lowest BCUT2D eigenvalue weighted by Gasteiger charge is -2.13. The van der Waals surface area contributed by atoms with E-state index in [9.17, 15) is 5.11 Å². The molecule has 0 fully saturated rings. The molecule has 0 aliphatic rings. The van der Waals surface area contributed by atoms with Gasteiger partial charge in [-0.25, -0.2) is 4.98 Å². The summed E-state index contributed by atoms with van der Waals surface area (Å²) in [4.78, 5) is 4.66. The minimum atomic E-state index is -0.593. The molecule has 4 nitrogen and oxygen atoms in total. The van der Waals surface area contributed by atoms with Crippen molar-refractivity contribution in [3.63, 3.8) is 0 Å². The number of benzene rings is 2. The molecule has 0 saturated carbocycles. The Morgan fingerprint density at radius 1 is 1.00 bits per heavy atom. The molecule has 3 rings (SSSR count). The molecule has 0 spiro atoms. The largest absolute Gasteiger partial charge is 0.494 e. The Morgan fingerprint density at radius 2 is 1.64 bits per heavy atom. The van der Waals surface area contributed by atoms with Crippen molar-refractivity contribution in [1.82, 2.24) is 9.55 Å². The molecule has 0 saturated heterocycles. The standard InChI is InChI=1S/C23H29ClN2O2/c1-14-12-20-21(13-15(14)2)26(23(25-20)18(5)27)8-6-7-9-28-19-10-16(3)22(24)17(4)11-19/h10-13,18,27H,6-9H2,1-5H3. The summed E-state index contributed by atoms with van der Waals surface area (Å²) in [6.45, 7) is 11.4. The predicted octanol–water partition coefficient (Wildman–Crippen LogP) is 5.84. The van der Waals surface area contributed by atoms with Gasteiger partial charge in [-0.05, 0) is 94.0 Å². The molecule has 2 aromatic carbocycles. The highest BCUT2D eigenvalue weighted by Crippen LogP contribution is 2.27. The van der Waals surface area contributed by atoms with Gasteiger partial charge in [-0.15, -0.1) is 0 Å². The van der Waals surface area contributed by atoms with Gasteiger partial charge < -0.3 is 14.4 Å². The molecule has 28 heavy (non-hydrogen) atoms. The smallest absolute Gasteiger partial charge is 0.138 e. The maximum atomic E-state index is 10.2. The van der Waals surface area contributed by atoms with Crippen LogP contribution >= 0.6 is 11.6 Å². The Hall–Kier alpha value is -2.04. The third-order valence-electron chi connectivity index (χ3n) is 5.22. The van der Waals surface area contributed by atoms with Gasteiger partial charge in [-0.1, -0.05) is 11.6 Å². The van der Waals surface area contributed by atoms with E-state index < -0.39 is 6.10 Å². The Balaban J connectivity index is 1.65. The number of nitrogens with zero attached hydrogens (tertiary/aromatic N) is 2. The van der Waals surface area contributed by atoms with E-state index >= 15 is 0 Å². The minimum Gasteiger partial charge on any atom is -0.494 e. The highest BCUT2D eigenvalue weighted by molar-refractivity contribution is 6.32. The summed E-state index contributed by atoms with van der Waals surface area (Å²) < 4.78 is 8.05. The van der Waals surface area contributed by atoms with Crippen LogP contribution in [0.1, 0.15) is 53.9 Å². The van der Waals surface area contributed by atoms with Crippen molar-refractivity contribution >= 4 is 22.6 Å². The Kier molecular flexibility index (Phi) is 6.31. The maximum Gasteiger partial charge on any atom is 0.138 e. The van der Waals surface area contributed by atoms with E-state index in [-0.39, 0.29) is 0 Å². The summed E-state index contributed by atoms with van der Waals surface area (Å²) in [6.07, 6.45) is 1.28. The zero-order chi connectivity index (χ0) is 20.4. The van der Waals surface area contributed by atoms with E-state index in [0.717, 1.165) is 58.1 Å². The molecule has 0 bridgehead atoms. The first kappa shape index (κ1) is 20.7. The lowest BCUT2D eigenvalue weighted by atomic mass is 10.1. The number of hydrogen-bond donors (Lipinski definition) is 1. The van der Waals surface area contributed by atoms with Crippen LogP contribution in [0.4, 0.5) is 0 Å². The number of aromatic nitrogens is 2. The van der Waals surface area contributed by atoms with E-state index in [2.05, 4.69) is 35.5 Å². The van der Waals surface area contributed by atoms with Crippen LogP contribution in [0.2, 0.25) is 5.02 Å². The van der Waals surface area contributed by atoms with Gasteiger partial charge in [0, 0.05) is 11.6 Å². The zero-order valence-electron chi connectivity index (χ0n) is 17.3. The first-order valence-electron chi connectivity index (χ1n) is 9.83. The number of ether oxygens (including phenoxy) is 1. The normalized spacial score (nSPS) is 12.5. The topological polar surface area (TPSA) is 47.3 Å². The van der Waals surface area contributed by atoms with E-state index in [1.165, 1.54) is 11.1 Å². The summed E-state index contributed by atoms with van der Waals surface area (Å²) in [5.74, 6) is 1.59. The SMILES string of the molecule is Cc1cc2nc(C(C)O)n(CCCCOc3cc(C)c(Cl)c(C)c3)c2cc1C. The van der Waals surface area contributed by atoms with Crippen LogP contribution in [0.5, 0.6) is 5.75 Å². The monoisotopic (exact) mass is 400 g/mol. The number of aryl methyl sites for hydroxylation is 5. The average molecular weight is 401 g/mol. The molecular formula is C23H29ClN2O2. The van der Waals surface area contributed by atoms with Crippen molar-refractivity contribution in [2.24, 2.45) is 0 Å². The summed E-state index contributed by atoms with van der Waals surface area (Å²) in [5.41, 5.74) is 6.56. The van der Waals surface area contributed by atoms with Gasteiger partial charge in [0.1, 0.15) is 17.7 Å². The van der Waals surface area contributed by atoms with Crippen molar-refractivity contribution in [2.75, 3.05) is 6.61 Å². The molecule has 0 amide bonds. The number of imidazole rings is 1. The summed E-state index contributed by atoms with van der Waals surface area (Å²) in [5, 5.41) is 11.0. The Bertz CT molecular complexity index is 969. The van der Waals surface area contributed by atoms with E-state index in [1.54, 1.807) is 6.92 Å². The van der Waals surface area contributed by atoms with Crippen LogP contribution in [0.3, 0.4) is 0 Å². The molecule has 3 aromatic rings. The van der Waals surface area contributed by atoms with Crippen molar-refractivity contribution in [1.29, 1.82) is 0 Å². The second-order valence-corrected chi connectivity index (χ2v) is 8.03. The molecular weight excluding hydrogens is 372 g/mol. The Morgan fingerprint density at radius 3 is 2.29 bits per heavy atom. The molecule has 1 N–H and O–H groups in total. The molecule has 1 unspecified atom stereocenters. The molecule has 0 radical (unpaired) electrons. The fourth-order valence-electron chi connectivity index (χ4n) is 3.50. The fraction of sp³-hybridized carbons (Fsp3) is 0.435. The zero-order valence-corrected chi connectivity index (χ0v) is 18.1. The first-order chi connectivity index (χ1) is 13.3. The fourth-order valence-corrected chi connectivity index (χ4v) is 3.61. The van der Waals surface area contributed by atoms with Crippen LogP contribution in [0, 0.1) is 27.7 Å². The Labute approximate surface area is 172 Å². The highest BCUT2D eigenvalue weighted by Gasteiger charge is 2.15. The van der Waals surface area contributed by atoms with Crippen molar-refractivity contribution in [3.05, 3.63) is 57.4 Å². The van der Waals surface area contributed by atoms with Gasteiger partial charge in [0.15, 0.2) is 0 Å². The third kappa shape index (κ3) is 4.34. The van der Waals surface area contributed by atoms with Crippen molar-refractivity contribution in [3.8, 4) is 5.75 Å². The molecule has 5 heteroatoms. The van der Waals surface area contributed by atoms with Crippen LogP contribution in [0.15, 0.2) is 24.3 Å². The number of unbranched alkanes of at least 4 members (excludes halogenated alkanes) is 1. The van der Waals surface area contributed by atoms with E-state index in [0.29, 0.717) is 6.61 Å². The van der Waals surface area contributed by atoms with Gasteiger partial charge in [-0.3, -0.25) is 0 Å². The second-order valence-electron chi connectivity index (χ2n) is 7.65. The predicted molar refractivity (Wildman–Crippen MR) is 115 cm³/mol. The molecule has 0 aliphatic heterocycles. The summed E-state index contributed by atoms with van der Waals surface area (Å²) >= 11 is 6.21. The molecule has 0 aliphatic carbocycles. The number of rotatable bonds is 7. The number of halogens is 1. The molecule has 150 valence electrons. The molecule has 1 atom stereocenters. The average Bonchev–Trinajstić information content (AvgIpc) is 2.97. The van der Waals surface area contributed by atoms with Gasteiger partial charge in [0.25, 0.3) is 0 Å². The first-order valence-corrected chi connectivity index (χ1v) is 10.2. The van der Waals surface area contributed by atoms with Gasteiger partial charge in [-0.2, -0.15) is 0 Å². The van der Waals surface area contributed by atoms with Gasteiger partial charge >= 0.3 is 0 Å². The maximum absolute atomic E-state index is 10.2. The molecule has 1 aromatic heterocycles. The van der Waals surface area contributed by atoms with Crippen molar-refractivity contribution < 1.29 is 9.84 Å². The van der Waals surface area contributed by atoms with Crippen LogP contribution in [-0.4, -0.2) is 21.3 Å². The number of hydrogen-bond acceptors (Lipinski definition) is 3. The third-order valence-corrected chi connectivity index (χ3v) is 5.82. The quantitative estimate of drug-likeness (QED) is 0.507. The van der Waals surface area contributed by atoms with Crippen LogP contribution < -0.4 is 4.74 Å². The van der Waals surface area contributed by atoms with E-state index in [4.69, 9.17) is 16.3 Å². The molecule has 1 heterocycles. The van der Waals surface area contributed by atoms with Gasteiger partial charge in [0.05, 0.1) is 17.6 Å². The second kappa shape index (κ2) is 8.54. The summed E-state index contributed by atoms with van der Waals surface area (Å²) in [7, 11) is 0. The van der Waals surface area contributed by atoms with Crippen LogP contribution in [-0.2, 0) is 6.54 Å². The van der Waals surface area contributed by atoms with Crippen LogP contribution in [0.25, 0.3) is 11.0 Å². The minimum absolute atomic E-state index is 0.593. The highest BCUT2D eigenvalue weighted by atomic mass is 35.5. The van der Waals surface area contributed by atoms with E-state index in [1.807, 2.05) is 26.0 Å². The van der Waals surface area contributed by atoms with Gasteiger partial charge in [0.2, 0.25) is 0 Å². The lowest BCUT2D eigenvalue weighted by Crippen LogP contribution is -2.08. The number of aliphatic hydroxyl groups excluding tert-OH is 1. The summed E-state index contributed by atoms with van der Waals surface area (Å²) in [6, 6.07) is 8.23. The number of fused-ring (bicyclic) bond motifs is 1. The number of aliphatic hydroxyl groups is 1. The van der Waals surface area contributed by atoms with Crippen molar-refractivity contribution in [2.45, 2.75) is 60.1 Å². The lowest BCUT2D eigenvalue weighted by molar-refractivity contribution is 0.184.